The normalized spacial score (nSPS) is 12.0. The fourth-order valence-corrected chi connectivity index (χ4v) is 3.22. The topological polar surface area (TPSA) is 60.2 Å². The van der Waals surface area contributed by atoms with E-state index in [1.165, 1.54) is 12.1 Å². The summed E-state index contributed by atoms with van der Waals surface area (Å²) < 4.78 is 29.5. The van der Waals surface area contributed by atoms with Crippen LogP contribution in [0.4, 0.5) is 0 Å². The molecule has 0 N–H and O–H groups in total. The van der Waals surface area contributed by atoms with Crippen LogP contribution in [0.5, 0.6) is 0 Å². The molecule has 114 valence electrons. The Hall–Kier alpha value is -1.56. The van der Waals surface area contributed by atoms with Crippen molar-refractivity contribution in [2.45, 2.75) is 11.8 Å². The number of hydrogen-bond donors (Lipinski definition) is 0. The van der Waals surface area contributed by atoms with Gasteiger partial charge in [-0.15, -0.1) is 0 Å². The summed E-state index contributed by atoms with van der Waals surface area (Å²) in [6, 6.07) is 9.68. The molecule has 0 fully saturated rings. The van der Waals surface area contributed by atoms with Crippen molar-refractivity contribution in [2.75, 3.05) is 5.75 Å². The summed E-state index contributed by atoms with van der Waals surface area (Å²) in [7, 11) is -3.28. The molecular weight excluding hydrogens is 345 g/mol. The van der Waals surface area contributed by atoms with Gasteiger partial charge in [-0.05, 0) is 36.4 Å². The number of oxazole rings is 1. The SMILES string of the molecule is CCS(=O)(=O)c1ccc2oc(-c3ccc(Cl)c(Cl)c3)nc2c1. The molecule has 0 saturated heterocycles. The lowest BCUT2D eigenvalue weighted by atomic mass is 10.2. The van der Waals surface area contributed by atoms with Crippen molar-refractivity contribution >= 4 is 44.1 Å². The van der Waals surface area contributed by atoms with Gasteiger partial charge in [0.2, 0.25) is 5.89 Å². The first-order chi connectivity index (χ1) is 10.4. The second-order valence-corrected chi connectivity index (χ2v) is 7.77. The van der Waals surface area contributed by atoms with Crippen LogP contribution >= 0.6 is 23.2 Å². The Morgan fingerprint density at radius 2 is 1.86 bits per heavy atom. The molecule has 0 bridgehead atoms. The molecule has 2 aromatic carbocycles. The number of hydrogen-bond acceptors (Lipinski definition) is 4. The molecule has 0 aliphatic heterocycles. The summed E-state index contributed by atoms with van der Waals surface area (Å²) in [6.07, 6.45) is 0. The van der Waals surface area contributed by atoms with E-state index in [-0.39, 0.29) is 10.6 Å². The van der Waals surface area contributed by atoms with Gasteiger partial charge in [-0.2, -0.15) is 0 Å². The van der Waals surface area contributed by atoms with Crippen molar-refractivity contribution in [3.63, 3.8) is 0 Å². The second-order valence-electron chi connectivity index (χ2n) is 4.68. The molecule has 3 rings (SSSR count). The average Bonchev–Trinajstić information content (AvgIpc) is 2.93. The molecule has 0 unspecified atom stereocenters. The van der Waals surface area contributed by atoms with Crippen molar-refractivity contribution in [2.24, 2.45) is 0 Å². The van der Waals surface area contributed by atoms with Crippen LogP contribution in [-0.4, -0.2) is 19.2 Å². The Morgan fingerprint density at radius 3 is 2.55 bits per heavy atom. The van der Waals surface area contributed by atoms with Crippen LogP contribution in [0.15, 0.2) is 45.7 Å². The maximum atomic E-state index is 11.9. The van der Waals surface area contributed by atoms with Crippen molar-refractivity contribution in [1.82, 2.24) is 4.98 Å². The van der Waals surface area contributed by atoms with Crippen LogP contribution in [0, 0.1) is 0 Å². The number of aromatic nitrogens is 1. The Morgan fingerprint density at radius 1 is 1.09 bits per heavy atom. The quantitative estimate of drug-likeness (QED) is 0.688. The van der Waals surface area contributed by atoms with Crippen molar-refractivity contribution < 1.29 is 12.8 Å². The van der Waals surface area contributed by atoms with Crippen LogP contribution in [-0.2, 0) is 9.84 Å². The van der Waals surface area contributed by atoms with Gasteiger partial charge >= 0.3 is 0 Å². The Bertz CT molecular complexity index is 964. The molecule has 1 aromatic heterocycles. The van der Waals surface area contributed by atoms with Gasteiger partial charge in [0.25, 0.3) is 0 Å². The van der Waals surface area contributed by atoms with Gasteiger partial charge in [0, 0.05) is 5.56 Å². The van der Waals surface area contributed by atoms with Crippen LogP contribution in [0.2, 0.25) is 10.0 Å². The van der Waals surface area contributed by atoms with E-state index >= 15 is 0 Å². The van der Waals surface area contributed by atoms with Gasteiger partial charge in [0.1, 0.15) is 5.52 Å². The molecule has 0 aliphatic carbocycles. The molecular formula is C15H11Cl2NO3S. The summed E-state index contributed by atoms with van der Waals surface area (Å²) in [5.41, 5.74) is 1.66. The fraction of sp³-hybridized carbons (Fsp3) is 0.133. The monoisotopic (exact) mass is 355 g/mol. The third kappa shape index (κ3) is 2.72. The zero-order chi connectivity index (χ0) is 15.9. The highest BCUT2D eigenvalue weighted by atomic mass is 35.5. The minimum atomic E-state index is -3.28. The lowest BCUT2D eigenvalue weighted by Gasteiger charge is -1.99. The number of fused-ring (bicyclic) bond motifs is 1. The smallest absolute Gasteiger partial charge is 0.227 e. The maximum absolute atomic E-state index is 11.9. The highest BCUT2D eigenvalue weighted by molar-refractivity contribution is 7.91. The van der Waals surface area contributed by atoms with Gasteiger partial charge < -0.3 is 4.42 Å². The molecule has 7 heteroatoms. The molecule has 0 aliphatic rings. The number of rotatable bonds is 3. The molecule has 0 spiro atoms. The van der Waals surface area contributed by atoms with E-state index in [1.807, 2.05) is 0 Å². The van der Waals surface area contributed by atoms with E-state index in [0.717, 1.165) is 0 Å². The summed E-state index contributed by atoms with van der Waals surface area (Å²) in [4.78, 5) is 4.56. The van der Waals surface area contributed by atoms with Gasteiger partial charge in [-0.3, -0.25) is 0 Å². The number of benzene rings is 2. The van der Waals surface area contributed by atoms with Crippen LogP contribution < -0.4 is 0 Å². The third-order valence-corrected chi connectivity index (χ3v) is 5.74. The largest absolute Gasteiger partial charge is 0.436 e. The summed E-state index contributed by atoms with van der Waals surface area (Å²) >= 11 is 11.9. The molecule has 0 atom stereocenters. The van der Waals surface area contributed by atoms with Gasteiger partial charge in [-0.1, -0.05) is 30.1 Å². The Labute approximate surface area is 137 Å². The minimum absolute atomic E-state index is 0.0377. The molecule has 0 radical (unpaired) electrons. The van der Waals surface area contributed by atoms with Crippen LogP contribution in [0.25, 0.3) is 22.6 Å². The molecule has 0 amide bonds. The van der Waals surface area contributed by atoms with Crippen molar-refractivity contribution in [3.05, 3.63) is 46.4 Å². The zero-order valence-electron chi connectivity index (χ0n) is 11.5. The summed E-state index contributed by atoms with van der Waals surface area (Å²) in [6.45, 7) is 1.60. The maximum Gasteiger partial charge on any atom is 0.227 e. The van der Waals surface area contributed by atoms with Gasteiger partial charge in [-0.25, -0.2) is 13.4 Å². The molecule has 3 aromatic rings. The standard InChI is InChI=1S/C15H11Cl2NO3S/c1-2-22(19,20)10-4-6-14-13(8-10)18-15(21-14)9-3-5-11(16)12(17)7-9/h3-8H,2H2,1H3. The highest BCUT2D eigenvalue weighted by Gasteiger charge is 2.15. The molecule has 1 heterocycles. The first kappa shape index (κ1) is 15.3. The Balaban J connectivity index is 2.12. The average molecular weight is 356 g/mol. The van der Waals surface area contributed by atoms with Crippen LogP contribution in [0.1, 0.15) is 6.92 Å². The van der Waals surface area contributed by atoms with Crippen LogP contribution in [0.3, 0.4) is 0 Å². The fourth-order valence-electron chi connectivity index (χ4n) is 2.02. The highest BCUT2D eigenvalue weighted by Crippen LogP contribution is 2.30. The first-order valence-electron chi connectivity index (χ1n) is 6.49. The predicted octanol–water partition coefficient (Wildman–Crippen LogP) is 4.60. The summed E-state index contributed by atoms with van der Waals surface area (Å²) in [5.74, 6) is 0.398. The van der Waals surface area contributed by atoms with E-state index in [2.05, 4.69) is 4.98 Å². The lowest BCUT2D eigenvalue weighted by Crippen LogP contribution is -2.03. The van der Waals surface area contributed by atoms with E-state index < -0.39 is 9.84 Å². The molecule has 22 heavy (non-hydrogen) atoms. The van der Waals surface area contributed by atoms with E-state index in [4.69, 9.17) is 27.6 Å². The van der Waals surface area contributed by atoms with Gasteiger partial charge in [0.15, 0.2) is 15.4 Å². The van der Waals surface area contributed by atoms with E-state index in [1.54, 1.807) is 31.2 Å². The number of sulfone groups is 1. The first-order valence-corrected chi connectivity index (χ1v) is 8.90. The van der Waals surface area contributed by atoms with Crippen molar-refractivity contribution in [3.8, 4) is 11.5 Å². The third-order valence-electron chi connectivity index (χ3n) is 3.26. The zero-order valence-corrected chi connectivity index (χ0v) is 13.8. The Kier molecular flexibility index (Phi) is 3.89. The number of nitrogens with zero attached hydrogens (tertiary/aromatic N) is 1. The van der Waals surface area contributed by atoms with E-state index in [0.29, 0.717) is 32.6 Å². The predicted molar refractivity (Wildman–Crippen MR) is 87.2 cm³/mol. The number of halogens is 2. The second kappa shape index (κ2) is 5.57. The van der Waals surface area contributed by atoms with Gasteiger partial charge in [0.05, 0.1) is 20.7 Å². The molecule has 4 nitrogen and oxygen atoms in total. The van der Waals surface area contributed by atoms with E-state index in [9.17, 15) is 8.42 Å². The molecule has 0 saturated carbocycles. The summed E-state index contributed by atoms with van der Waals surface area (Å²) in [5, 5.41) is 0.841. The lowest BCUT2D eigenvalue weighted by molar-refractivity contribution is 0.597. The minimum Gasteiger partial charge on any atom is -0.436 e. The van der Waals surface area contributed by atoms with Crippen molar-refractivity contribution in [1.29, 1.82) is 0 Å².